The van der Waals surface area contributed by atoms with E-state index >= 15 is 0 Å². The molecule has 6 rings (SSSR count). The number of nitro benzene ring substituents is 1. The first-order valence-electron chi connectivity index (χ1n) is 12.7. The summed E-state index contributed by atoms with van der Waals surface area (Å²) in [5.74, 6) is 1.34. The molecule has 1 atom stereocenters. The molecule has 208 valence electrons. The van der Waals surface area contributed by atoms with E-state index in [0.29, 0.717) is 54.7 Å². The van der Waals surface area contributed by atoms with Gasteiger partial charge in [-0.25, -0.2) is 9.79 Å². The van der Waals surface area contributed by atoms with Crippen molar-refractivity contribution in [3.05, 3.63) is 106 Å². The van der Waals surface area contributed by atoms with E-state index in [9.17, 15) is 19.7 Å². The van der Waals surface area contributed by atoms with E-state index < -0.39 is 16.9 Å². The molecule has 0 bridgehead atoms. The molecule has 0 fully saturated rings. The number of carbonyl (C=O) groups excluding carboxylic acids is 1. The van der Waals surface area contributed by atoms with Crippen molar-refractivity contribution < 1.29 is 28.3 Å². The molecule has 0 aliphatic carbocycles. The summed E-state index contributed by atoms with van der Waals surface area (Å²) in [5.41, 5.74) is 2.05. The Morgan fingerprint density at radius 2 is 1.98 bits per heavy atom. The van der Waals surface area contributed by atoms with Crippen LogP contribution in [0.15, 0.2) is 74.0 Å². The predicted octanol–water partition coefficient (Wildman–Crippen LogP) is 4.00. The summed E-state index contributed by atoms with van der Waals surface area (Å²) in [6.45, 7) is 5.34. The van der Waals surface area contributed by atoms with Gasteiger partial charge in [-0.3, -0.25) is 19.5 Å². The first kappa shape index (κ1) is 26.3. The van der Waals surface area contributed by atoms with Crippen LogP contribution in [0.3, 0.4) is 0 Å². The maximum absolute atomic E-state index is 13.8. The van der Waals surface area contributed by atoms with Gasteiger partial charge in [0.2, 0.25) is 6.79 Å². The van der Waals surface area contributed by atoms with E-state index in [1.54, 1.807) is 69.3 Å². The Labute approximate surface area is 236 Å². The average molecular weight is 574 g/mol. The second kappa shape index (κ2) is 10.2. The van der Waals surface area contributed by atoms with Gasteiger partial charge in [0.05, 0.1) is 33.4 Å². The molecule has 0 N–H and O–H groups in total. The number of carbonyl (C=O) groups is 1. The summed E-state index contributed by atoms with van der Waals surface area (Å²) in [6.07, 6.45) is 1.59. The molecule has 2 aromatic heterocycles. The van der Waals surface area contributed by atoms with Gasteiger partial charge >= 0.3 is 5.97 Å². The first-order chi connectivity index (χ1) is 19.7. The molecular weight excluding hydrogens is 550 g/mol. The maximum atomic E-state index is 13.8. The lowest BCUT2D eigenvalue weighted by atomic mass is 9.95. The second-order valence-corrected chi connectivity index (χ2v) is 10.4. The highest BCUT2D eigenvalue weighted by Crippen LogP contribution is 2.38. The van der Waals surface area contributed by atoms with Crippen LogP contribution < -0.4 is 24.4 Å². The number of thiazole rings is 1. The standard InChI is InChI=1S/C29H23N3O8S/c1-4-37-28(34)25-16(3)30-29-31(26(25)18-7-9-22-23(12-18)39-14-38-22)27(33)24(41-29)13-19-8-10-21(40-19)17-6-5-15(2)20(11-17)32(35)36/h5-13,26H,4,14H2,1-3H3/b24-13+. The molecule has 2 aliphatic rings. The summed E-state index contributed by atoms with van der Waals surface area (Å²) >= 11 is 1.16. The Bertz CT molecular complexity index is 1950. The number of esters is 1. The topological polar surface area (TPSA) is 135 Å². The zero-order valence-corrected chi connectivity index (χ0v) is 23.0. The molecule has 1 unspecified atom stereocenters. The Kier molecular flexibility index (Phi) is 6.54. The van der Waals surface area contributed by atoms with Crippen LogP contribution in [-0.4, -0.2) is 28.9 Å². The molecule has 4 aromatic rings. The second-order valence-electron chi connectivity index (χ2n) is 9.38. The molecule has 2 aliphatic heterocycles. The van der Waals surface area contributed by atoms with Crippen molar-refractivity contribution in [1.82, 2.24) is 4.57 Å². The normalized spacial score (nSPS) is 16.0. The van der Waals surface area contributed by atoms with Crippen LogP contribution in [0.2, 0.25) is 0 Å². The zero-order chi connectivity index (χ0) is 28.8. The van der Waals surface area contributed by atoms with Crippen molar-refractivity contribution in [2.24, 2.45) is 4.99 Å². The predicted molar refractivity (Wildman–Crippen MR) is 148 cm³/mol. The lowest BCUT2D eigenvalue weighted by molar-refractivity contribution is -0.385. The van der Waals surface area contributed by atoms with Gasteiger partial charge in [0.1, 0.15) is 11.5 Å². The van der Waals surface area contributed by atoms with Crippen molar-refractivity contribution in [3.63, 3.8) is 0 Å². The highest BCUT2D eigenvalue weighted by molar-refractivity contribution is 7.07. The van der Waals surface area contributed by atoms with Gasteiger partial charge in [0.25, 0.3) is 11.2 Å². The molecule has 41 heavy (non-hydrogen) atoms. The molecule has 0 radical (unpaired) electrons. The van der Waals surface area contributed by atoms with Crippen molar-refractivity contribution in [2.75, 3.05) is 13.4 Å². The Morgan fingerprint density at radius 3 is 2.76 bits per heavy atom. The fourth-order valence-electron chi connectivity index (χ4n) is 4.86. The minimum absolute atomic E-state index is 0.00921. The lowest BCUT2D eigenvalue weighted by Crippen LogP contribution is -2.39. The summed E-state index contributed by atoms with van der Waals surface area (Å²) in [6, 6.07) is 12.7. The fourth-order valence-corrected chi connectivity index (χ4v) is 5.89. The monoisotopic (exact) mass is 573 g/mol. The first-order valence-corrected chi connectivity index (χ1v) is 13.5. The van der Waals surface area contributed by atoms with Crippen LogP contribution in [0.25, 0.3) is 17.4 Å². The lowest BCUT2D eigenvalue weighted by Gasteiger charge is -2.24. The number of furan rings is 1. The number of nitro groups is 1. The largest absolute Gasteiger partial charge is 0.463 e. The minimum Gasteiger partial charge on any atom is -0.463 e. The van der Waals surface area contributed by atoms with Crippen LogP contribution in [0.4, 0.5) is 5.69 Å². The number of fused-ring (bicyclic) bond motifs is 2. The third-order valence-electron chi connectivity index (χ3n) is 6.82. The minimum atomic E-state index is -0.804. The number of rotatable bonds is 6. The van der Waals surface area contributed by atoms with E-state index in [-0.39, 0.29) is 30.2 Å². The quantitative estimate of drug-likeness (QED) is 0.192. The molecule has 12 heteroatoms. The molecular formula is C29H23N3O8S. The van der Waals surface area contributed by atoms with Crippen molar-refractivity contribution in [2.45, 2.75) is 26.8 Å². The van der Waals surface area contributed by atoms with Crippen LogP contribution in [0, 0.1) is 17.0 Å². The van der Waals surface area contributed by atoms with E-state index in [0.717, 1.165) is 11.3 Å². The summed E-state index contributed by atoms with van der Waals surface area (Å²) in [5, 5.41) is 11.4. The third-order valence-corrected chi connectivity index (χ3v) is 7.80. The van der Waals surface area contributed by atoms with Gasteiger partial charge in [-0.2, -0.15) is 0 Å². The Balaban J connectivity index is 1.45. The molecule has 0 saturated heterocycles. The van der Waals surface area contributed by atoms with Crippen LogP contribution in [0.1, 0.15) is 36.8 Å². The number of benzene rings is 2. The highest BCUT2D eigenvalue weighted by atomic mass is 32.1. The SMILES string of the molecule is CCOC(=O)C1=C(C)N=c2s/c(=C/c3ccc(-c4ccc(C)c([N+](=O)[O-])c4)o3)c(=O)n2C1c1ccc2c(c1)OCO2. The summed E-state index contributed by atoms with van der Waals surface area (Å²) < 4.78 is 24.1. The van der Waals surface area contributed by atoms with Gasteiger partial charge in [0, 0.05) is 23.3 Å². The molecule has 11 nitrogen and oxygen atoms in total. The van der Waals surface area contributed by atoms with Gasteiger partial charge < -0.3 is 18.6 Å². The number of nitrogens with zero attached hydrogens (tertiary/aromatic N) is 3. The van der Waals surface area contributed by atoms with Gasteiger partial charge in [-0.05, 0) is 50.6 Å². The van der Waals surface area contributed by atoms with E-state index in [1.807, 2.05) is 0 Å². The number of aromatic nitrogens is 1. The van der Waals surface area contributed by atoms with Crippen molar-refractivity contribution >= 4 is 29.1 Å². The maximum Gasteiger partial charge on any atom is 0.338 e. The van der Waals surface area contributed by atoms with Gasteiger partial charge in [-0.15, -0.1) is 0 Å². The summed E-state index contributed by atoms with van der Waals surface area (Å²) in [7, 11) is 0. The Hall–Kier alpha value is -4.97. The van der Waals surface area contributed by atoms with Crippen LogP contribution in [0.5, 0.6) is 11.5 Å². The third kappa shape index (κ3) is 4.61. The van der Waals surface area contributed by atoms with E-state index in [1.165, 1.54) is 10.6 Å². The number of hydrogen-bond donors (Lipinski definition) is 0. The molecule has 0 spiro atoms. The average Bonchev–Trinajstić information content (AvgIpc) is 3.67. The number of aryl methyl sites for hydroxylation is 1. The fraction of sp³-hybridized carbons (Fsp3) is 0.207. The smallest absolute Gasteiger partial charge is 0.338 e. The van der Waals surface area contributed by atoms with E-state index in [2.05, 4.69) is 4.99 Å². The highest BCUT2D eigenvalue weighted by Gasteiger charge is 2.34. The number of allylic oxidation sites excluding steroid dienone is 1. The van der Waals surface area contributed by atoms with Crippen molar-refractivity contribution in [1.29, 1.82) is 0 Å². The number of hydrogen-bond acceptors (Lipinski definition) is 10. The van der Waals surface area contributed by atoms with Crippen molar-refractivity contribution in [3.8, 4) is 22.8 Å². The molecule has 0 saturated carbocycles. The van der Waals surface area contributed by atoms with Gasteiger partial charge in [0.15, 0.2) is 16.3 Å². The van der Waals surface area contributed by atoms with E-state index in [4.69, 9.17) is 18.6 Å². The molecule has 4 heterocycles. The van der Waals surface area contributed by atoms with Crippen LogP contribution in [-0.2, 0) is 9.53 Å². The summed E-state index contributed by atoms with van der Waals surface area (Å²) in [4.78, 5) is 42.9. The van der Waals surface area contributed by atoms with Crippen LogP contribution >= 0.6 is 11.3 Å². The number of ether oxygens (including phenoxy) is 3. The molecule has 0 amide bonds. The Morgan fingerprint density at radius 1 is 1.17 bits per heavy atom. The molecule has 2 aromatic carbocycles. The van der Waals surface area contributed by atoms with Gasteiger partial charge in [-0.1, -0.05) is 29.5 Å². The zero-order valence-electron chi connectivity index (χ0n) is 22.2.